The minimum atomic E-state index is -0.312. The molecule has 1 aromatic rings. The molecule has 21 heavy (non-hydrogen) atoms. The van der Waals surface area contributed by atoms with Crippen LogP contribution in [0.25, 0.3) is 0 Å². The van der Waals surface area contributed by atoms with Crippen LogP contribution in [-0.4, -0.2) is 57.5 Å². The number of nitrogens with zero attached hydrogens (tertiary/aromatic N) is 3. The summed E-state index contributed by atoms with van der Waals surface area (Å²) in [6.07, 6.45) is 0. The standard InChI is InChI=1S/C14H19N3O4/c18-17(19)13-2-1-12(15-3-7-20-8-4-15)11-14(13)16-5-9-21-10-6-16/h1-2,11H,3-10H2. The van der Waals surface area contributed by atoms with Gasteiger partial charge in [-0.05, 0) is 12.1 Å². The van der Waals surface area contributed by atoms with Gasteiger partial charge in [0.2, 0.25) is 0 Å². The van der Waals surface area contributed by atoms with Crippen LogP contribution in [-0.2, 0) is 9.47 Å². The second-order valence-electron chi connectivity index (χ2n) is 5.13. The van der Waals surface area contributed by atoms with Crippen LogP contribution in [0.5, 0.6) is 0 Å². The number of nitro groups is 1. The summed E-state index contributed by atoms with van der Waals surface area (Å²) in [4.78, 5) is 15.2. The Hall–Kier alpha value is -1.86. The Morgan fingerprint density at radius 3 is 2.10 bits per heavy atom. The van der Waals surface area contributed by atoms with E-state index >= 15 is 0 Å². The molecule has 0 bridgehead atoms. The SMILES string of the molecule is O=[N+]([O-])c1ccc(N2CCOCC2)cc1N1CCOCC1. The molecular formula is C14H19N3O4. The lowest BCUT2D eigenvalue weighted by molar-refractivity contribution is -0.384. The van der Waals surface area contributed by atoms with E-state index in [1.165, 1.54) is 0 Å². The molecular weight excluding hydrogens is 274 g/mol. The van der Waals surface area contributed by atoms with Crippen molar-refractivity contribution in [1.29, 1.82) is 0 Å². The van der Waals surface area contributed by atoms with E-state index in [0.717, 1.165) is 18.8 Å². The lowest BCUT2D eigenvalue weighted by Gasteiger charge is -2.32. The van der Waals surface area contributed by atoms with Crippen molar-refractivity contribution in [3.63, 3.8) is 0 Å². The summed E-state index contributed by atoms with van der Waals surface area (Å²) in [6.45, 7) is 5.63. The van der Waals surface area contributed by atoms with Gasteiger partial charge in [-0.3, -0.25) is 10.1 Å². The van der Waals surface area contributed by atoms with Crippen LogP contribution < -0.4 is 9.80 Å². The van der Waals surface area contributed by atoms with E-state index in [2.05, 4.69) is 4.90 Å². The van der Waals surface area contributed by atoms with Crippen LogP contribution >= 0.6 is 0 Å². The van der Waals surface area contributed by atoms with Gasteiger partial charge in [-0.1, -0.05) is 0 Å². The highest BCUT2D eigenvalue weighted by Gasteiger charge is 2.23. The van der Waals surface area contributed by atoms with E-state index in [1.807, 2.05) is 17.0 Å². The molecule has 0 amide bonds. The molecule has 2 fully saturated rings. The van der Waals surface area contributed by atoms with Gasteiger partial charge in [0.15, 0.2) is 0 Å². The predicted molar refractivity (Wildman–Crippen MR) is 79.2 cm³/mol. The second-order valence-corrected chi connectivity index (χ2v) is 5.13. The minimum Gasteiger partial charge on any atom is -0.378 e. The van der Waals surface area contributed by atoms with Crippen LogP contribution in [0.15, 0.2) is 18.2 Å². The summed E-state index contributed by atoms with van der Waals surface area (Å²) in [5.74, 6) is 0. The Morgan fingerprint density at radius 1 is 0.952 bits per heavy atom. The average molecular weight is 293 g/mol. The molecule has 114 valence electrons. The fourth-order valence-corrected chi connectivity index (χ4v) is 2.74. The monoisotopic (exact) mass is 293 g/mol. The maximum absolute atomic E-state index is 11.3. The fourth-order valence-electron chi connectivity index (χ4n) is 2.74. The molecule has 0 unspecified atom stereocenters. The Labute approximate surface area is 123 Å². The number of nitro benzene ring substituents is 1. The summed E-state index contributed by atoms with van der Waals surface area (Å²) < 4.78 is 10.7. The molecule has 0 atom stereocenters. The summed E-state index contributed by atoms with van der Waals surface area (Å²) in [7, 11) is 0. The third kappa shape index (κ3) is 3.08. The topological polar surface area (TPSA) is 68.1 Å². The van der Waals surface area contributed by atoms with Gasteiger partial charge in [0, 0.05) is 37.9 Å². The summed E-state index contributed by atoms with van der Waals surface area (Å²) in [5.41, 5.74) is 1.87. The number of hydrogen-bond acceptors (Lipinski definition) is 6. The van der Waals surface area contributed by atoms with Crippen molar-refractivity contribution >= 4 is 17.1 Å². The van der Waals surface area contributed by atoms with Gasteiger partial charge in [-0.15, -0.1) is 0 Å². The lowest BCUT2D eigenvalue weighted by atomic mass is 10.2. The molecule has 2 aliphatic heterocycles. The zero-order chi connectivity index (χ0) is 14.7. The van der Waals surface area contributed by atoms with E-state index in [1.54, 1.807) is 6.07 Å². The lowest BCUT2D eigenvalue weighted by Crippen LogP contribution is -2.38. The second kappa shape index (κ2) is 6.28. The van der Waals surface area contributed by atoms with Crippen LogP contribution in [0, 0.1) is 10.1 Å². The van der Waals surface area contributed by atoms with E-state index in [-0.39, 0.29) is 10.6 Å². The first-order valence-electron chi connectivity index (χ1n) is 7.19. The van der Waals surface area contributed by atoms with Gasteiger partial charge in [0.05, 0.1) is 31.4 Å². The molecule has 2 saturated heterocycles. The van der Waals surface area contributed by atoms with Crippen molar-refractivity contribution < 1.29 is 14.4 Å². The van der Waals surface area contributed by atoms with Gasteiger partial charge in [-0.25, -0.2) is 0 Å². The molecule has 0 N–H and O–H groups in total. The number of benzene rings is 1. The third-order valence-corrected chi connectivity index (χ3v) is 3.88. The number of ether oxygens (including phenoxy) is 2. The van der Waals surface area contributed by atoms with Gasteiger partial charge >= 0.3 is 0 Å². The van der Waals surface area contributed by atoms with Crippen molar-refractivity contribution in [2.24, 2.45) is 0 Å². The quantitative estimate of drug-likeness (QED) is 0.617. The number of hydrogen-bond donors (Lipinski definition) is 0. The summed E-state index contributed by atoms with van der Waals surface area (Å²) in [5, 5.41) is 11.3. The first kappa shape index (κ1) is 14.1. The van der Waals surface area contributed by atoms with Crippen LogP contribution in [0.4, 0.5) is 17.1 Å². The number of anilines is 2. The Kier molecular flexibility index (Phi) is 4.21. The van der Waals surface area contributed by atoms with Crippen LogP contribution in [0.3, 0.4) is 0 Å². The first-order valence-corrected chi connectivity index (χ1v) is 7.19. The number of rotatable bonds is 3. The largest absolute Gasteiger partial charge is 0.378 e. The molecule has 3 rings (SSSR count). The van der Waals surface area contributed by atoms with Gasteiger partial charge < -0.3 is 19.3 Å². The summed E-state index contributed by atoms with van der Waals surface area (Å²) >= 11 is 0. The van der Waals surface area contributed by atoms with Crippen LogP contribution in [0.1, 0.15) is 0 Å². The normalized spacial score (nSPS) is 19.6. The fraction of sp³-hybridized carbons (Fsp3) is 0.571. The molecule has 0 saturated carbocycles. The Bertz CT molecular complexity index is 511. The third-order valence-electron chi connectivity index (χ3n) is 3.88. The van der Waals surface area contributed by atoms with Gasteiger partial charge in [0.25, 0.3) is 5.69 Å². The summed E-state index contributed by atoms with van der Waals surface area (Å²) in [6, 6.07) is 5.36. The van der Waals surface area contributed by atoms with Crippen molar-refractivity contribution in [1.82, 2.24) is 0 Å². The van der Waals surface area contributed by atoms with Crippen molar-refractivity contribution in [3.8, 4) is 0 Å². The maximum atomic E-state index is 11.3. The number of morpholine rings is 2. The smallest absolute Gasteiger partial charge is 0.292 e. The van der Waals surface area contributed by atoms with Gasteiger partial charge in [-0.2, -0.15) is 0 Å². The first-order chi connectivity index (χ1) is 10.3. The van der Waals surface area contributed by atoms with Crippen molar-refractivity contribution in [3.05, 3.63) is 28.3 Å². The van der Waals surface area contributed by atoms with Crippen LogP contribution in [0.2, 0.25) is 0 Å². The Balaban J connectivity index is 1.91. The molecule has 0 aromatic heterocycles. The molecule has 2 aliphatic rings. The molecule has 0 aliphatic carbocycles. The Morgan fingerprint density at radius 2 is 1.52 bits per heavy atom. The molecule has 7 heteroatoms. The minimum absolute atomic E-state index is 0.161. The maximum Gasteiger partial charge on any atom is 0.292 e. The molecule has 7 nitrogen and oxygen atoms in total. The highest BCUT2D eigenvalue weighted by Crippen LogP contribution is 2.33. The van der Waals surface area contributed by atoms with E-state index in [4.69, 9.17) is 9.47 Å². The van der Waals surface area contributed by atoms with E-state index in [9.17, 15) is 10.1 Å². The average Bonchev–Trinajstić information content (AvgIpc) is 2.56. The highest BCUT2D eigenvalue weighted by molar-refractivity contribution is 5.70. The molecule has 1 aromatic carbocycles. The zero-order valence-electron chi connectivity index (χ0n) is 11.9. The molecule has 0 radical (unpaired) electrons. The van der Waals surface area contributed by atoms with Crippen molar-refractivity contribution in [2.75, 3.05) is 62.4 Å². The van der Waals surface area contributed by atoms with E-state index < -0.39 is 0 Å². The van der Waals surface area contributed by atoms with Gasteiger partial charge in [0.1, 0.15) is 5.69 Å². The van der Waals surface area contributed by atoms with Crippen molar-refractivity contribution in [2.45, 2.75) is 0 Å². The predicted octanol–water partition coefficient (Wildman–Crippen LogP) is 1.27. The molecule has 0 spiro atoms. The highest BCUT2D eigenvalue weighted by atomic mass is 16.6. The molecule has 2 heterocycles. The zero-order valence-corrected chi connectivity index (χ0v) is 11.9. The van der Waals surface area contributed by atoms with E-state index in [0.29, 0.717) is 45.2 Å².